The van der Waals surface area contributed by atoms with Crippen molar-refractivity contribution in [3.8, 4) is 0 Å². The Labute approximate surface area is 209 Å². The number of rotatable bonds is 24. The molecule has 200 valence electrons. The molecule has 0 saturated heterocycles. The van der Waals surface area contributed by atoms with Crippen LogP contribution in [0.2, 0.25) is 0 Å². The highest BCUT2D eigenvalue weighted by molar-refractivity contribution is 6.53. The summed E-state index contributed by atoms with van der Waals surface area (Å²) in [7, 11) is -3.22. The van der Waals surface area contributed by atoms with Crippen molar-refractivity contribution in [3.05, 3.63) is 0 Å². The van der Waals surface area contributed by atoms with Crippen molar-refractivity contribution in [2.24, 2.45) is 23.7 Å². The monoisotopic (exact) mass is 488 g/mol. The summed E-state index contributed by atoms with van der Waals surface area (Å²) in [5.41, 5.74) is 0. The van der Waals surface area contributed by atoms with Crippen LogP contribution in [0, 0.1) is 23.7 Å². The summed E-state index contributed by atoms with van der Waals surface area (Å²) in [5.74, 6) is 2.11. The zero-order chi connectivity index (χ0) is 25.0. The van der Waals surface area contributed by atoms with Gasteiger partial charge in [0, 0.05) is 26.4 Å². The van der Waals surface area contributed by atoms with Crippen molar-refractivity contribution in [2.75, 3.05) is 26.4 Å². The molecule has 0 rings (SSSR count). The van der Waals surface area contributed by atoms with Crippen LogP contribution in [-0.2, 0) is 17.7 Å². The first-order chi connectivity index (χ1) is 16.0. The van der Waals surface area contributed by atoms with Gasteiger partial charge in [0.1, 0.15) is 0 Å². The topological polar surface area (TPSA) is 36.9 Å². The molecule has 0 aliphatic carbocycles. The second-order valence-electron chi connectivity index (χ2n) is 9.94. The fraction of sp³-hybridized carbons (Fsp3) is 1.00. The lowest BCUT2D eigenvalue weighted by Gasteiger charge is -2.33. The van der Waals surface area contributed by atoms with Crippen LogP contribution in [0.5, 0.6) is 0 Å². The molecule has 0 saturated carbocycles. The molecule has 0 amide bonds. The fourth-order valence-electron chi connectivity index (χ4n) is 3.97. The van der Waals surface area contributed by atoms with Crippen molar-refractivity contribution in [1.29, 1.82) is 0 Å². The van der Waals surface area contributed by atoms with Crippen LogP contribution in [-0.4, -0.2) is 35.5 Å². The number of hydrogen-bond donors (Lipinski definition) is 0. The van der Waals surface area contributed by atoms with Crippen molar-refractivity contribution in [3.63, 3.8) is 0 Å². The molecule has 2 unspecified atom stereocenters. The molecular formula is C28H60O4Si. The molecule has 0 bridgehead atoms. The van der Waals surface area contributed by atoms with Crippen LogP contribution in [0.3, 0.4) is 0 Å². The summed E-state index contributed by atoms with van der Waals surface area (Å²) in [6, 6.07) is 0. The third-order valence-corrected chi connectivity index (χ3v) is 9.46. The summed E-state index contributed by atoms with van der Waals surface area (Å²) in [4.78, 5) is 0. The van der Waals surface area contributed by atoms with Gasteiger partial charge in [0.2, 0.25) is 0 Å². The Morgan fingerprint density at radius 3 is 0.939 bits per heavy atom. The molecule has 5 heteroatoms. The van der Waals surface area contributed by atoms with E-state index in [9.17, 15) is 0 Å². The average Bonchev–Trinajstić information content (AvgIpc) is 2.85. The molecule has 0 heterocycles. The Kier molecular flexibility index (Phi) is 21.4. The van der Waals surface area contributed by atoms with Crippen molar-refractivity contribution in [2.45, 2.75) is 132 Å². The first-order valence-electron chi connectivity index (χ1n) is 14.5. The van der Waals surface area contributed by atoms with Gasteiger partial charge in [-0.2, -0.15) is 0 Å². The predicted octanol–water partition coefficient (Wildman–Crippen LogP) is 8.79. The van der Waals surface area contributed by atoms with E-state index < -0.39 is 9.05 Å². The summed E-state index contributed by atoms with van der Waals surface area (Å²) in [6.45, 7) is 20.7. The molecule has 2 atom stereocenters. The highest BCUT2D eigenvalue weighted by Crippen LogP contribution is 2.24. The molecule has 0 fully saturated rings. The fourth-order valence-corrected chi connectivity index (χ4v) is 6.23. The lowest BCUT2D eigenvalue weighted by Crippen LogP contribution is -2.52. The maximum atomic E-state index is 6.63. The molecule has 0 aliphatic rings. The van der Waals surface area contributed by atoms with Crippen molar-refractivity contribution < 1.29 is 17.7 Å². The van der Waals surface area contributed by atoms with Crippen LogP contribution >= 0.6 is 0 Å². The van der Waals surface area contributed by atoms with Crippen molar-refractivity contribution in [1.82, 2.24) is 0 Å². The van der Waals surface area contributed by atoms with E-state index in [4.69, 9.17) is 17.7 Å². The van der Waals surface area contributed by atoms with E-state index in [1.54, 1.807) is 0 Å². The lowest BCUT2D eigenvalue weighted by molar-refractivity contribution is -0.0606. The first kappa shape index (κ1) is 33.1. The van der Waals surface area contributed by atoms with Gasteiger partial charge in [-0.25, -0.2) is 0 Å². The van der Waals surface area contributed by atoms with E-state index in [1.165, 1.54) is 38.5 Å². The SMILES string of the molecule is CCCCC(CC)CO[Si](OCC(CC)CC)(OCC(CC)CC)OCC(CC)CCCC. The molecule has 0 N–H and O–H groups in total. The minimum absolute atomic E-state index is 0.518. The van der Waals surface area contributed by atoms with Crippen molar-refractivity contribution >= 4 is 9.05 Å². The zero-order valence-electron chi connectivity index (χ0n) is 23.8. The summed E-state index contributed by atoms with van der Waals surface area (Å²) in [6.07, 6.45) is 14.0. The van der Waals surface area contributed by atoms with Gasteiger partial charge in [0.15, 0.2) is 0 Å². The van der Waals surface area contributed by atoms with Gasteiger partial charge in [-0.05, 0) is 36.5 Å². The zero-order valence-corrected chi connectivity index (χ0v) is 24.8. The van der Waals surface area contributed by atoms with Crippen LogP contribution < -0.4 is 0 Å². The predicted molar refractivity (Wildman–Crippen MR) is 144 cm³/mol. The lowest BCUT2D eigenvalue weighted by atomic mass is 10.0. The Morgan fingerprint density at radius 1 is 0.424 bits per heavy atom. The van der Waals surface area contributed by atoms with Gasteiger partial charge in [-0.15, -0.1) is 0 Å². The van der Waals surface area contributed by atoms with E-state index in [2.05, 4.69) is 55.4 Å². The first-order valence-corrected chi connectivity index (χ1v) is 16.2. The Bertz CT molecular complexity index is 375. The maximum absolute atomic E-state index is 6.63. The van der Waals surface area contributed by atoms with Gasteiger partial charge in [-0.1, -0.05) is 120 Å². The number of hydrogen-bond acceptors (Lipinski definition) is 4. The molecule has 0 aromatic heterocycles. The van der Waals surface area contributed by atoms with E-state index in [1.807, 2.05) is 0 Å². The summed E-state index contributed by atoms with van der Waals surface area (Å²) in [5, 5.41) is 0. The molecule has 0 spiro atoms. The third kappa shape index (κ3) is 14.9. The Hall–Kier alpha value is 0.0569. The Morgan fingerprint density at radius 2 is 0.697 bits per heavy atom. The second-order valence-corrected chi connectivity index (χ2v) is 12.1. The van der Waals surface area contributed by atoms with Gasteiger partial charge in [-0.3, -0.25) is 0 Å². The van der Waals surface area contributed by atoms with E-state index >= 15 is 0 Å². The largest absolute Gasteiger partial charge is 0.679 e. The second kappa shape index (κ2) is 21.3. The van der Waals surface area contributed by atoms with Crippen LogP contribution in [0.1, 0.15) is 132 Å². The summed E-state index contributed by atoms with van der Waals surface area (Å²) < 4.78 is 26.4. The minimum Gasteiger partial charge on any atom is -0.351 e. The average molecular weight is 489 g/mol. The highest BCUT2D eigenvalue weighted by atomic mass is 28.4. The van der Waals surface area contributed by atoms with Gasteiger partial charge >= 0.3 is 9.05 Å². The molecule has 0 aromatic carbocycles. The van der Waals surface area contributed by atoms with Gasteiger partial charge in [0.25, 0.3) is 0 Å². The number of unbranched alkanes of at least 4 members (excludes halogenated alkanes) is 2. The van der Waals surface area contributed by atoms with Gasteiger partial charge in [0.05, 0.1) is 0 Å². The standard InChI is InChI=1S/C28H60O4Si/c1-9-17-19-27(15-7)23-31-33(29-21-25(11-3)12-4,30-22-26(13-5)14-6)32-24-28(16-8)20-18-10-2/h25-28H,9-24H2,1-8H3. The molecule has 33 heavy (non-hydrogen) atoms. The van der Waals surface area contributed by atoms with Gasteiger partial charge < -0.3 is 17.7 Å². The van der Waals surface area contributed by atoms with Crippen LogP contribution in [0.4, 0.5) is 0 Å². The molecule has 0 radical (unpaired) electrons. The Balaban J connectivity index is 5.60. The molecule has 0 aromatic rings. The minimum atomic E-state index is -3.22. The van der Waals surface area contributed by atoms with Crippen LogP contribution in [0.15, 0.2) is 0 Å². The molecule has 0 aliphatic heterocycles. The maximum Gasteiger partial charge on any atom is 0.679 e. The van der Waals surface area contributed by atoms with Crippen LogP contribution in [0.25, 0.3) is 0 Å². The third-order valence-electron chi connectivity index (χ3n) is 7.38. The van der Waals surface area contributed by atoms with E-state index in [0.29, 0.717) is 50.1 Å². The van der Waals surface area contributed by atoms with E-state index in [0.717, 1.165) is 38.5 Å². The molecular weight excluding hydrogens is 428 g/mol. The summed E-state index contributed by atoms with van der Waals surface area (Å²) >= 11 is 0. The normalized spacial score (nSPS) is 14.4. The van der Waals surface area contributed by atoms with E-state index in [-0.39, 0.29) is 0 Å². The molecule has 4 nitrogen and oxygen atoms in total. The smallest absolute Gasteiger partial charge is 0.351 e. The highest BCUT2D eigenvalue weighted by Gasteiger charge is 2.47. The quantitative estimate of drug-likeness (QED) is 0.127.